The second kappa shape index (κ2) is 5.72. The highest BCUT2D eigenvalue weighted by Gasteiger charge is 2.10. The Balaban J connectivity index is 1.78. The van der Waals surface area contributed by atoms with Gasteiger partial charge in [0, 0.05) is 43.5 Å². The van der Waals surface area contributed by atoms with Crippen molar-refractivity contribution in [3.8, 4) is 17.6 Å². The molecule has 0 atom stereocenters. The van der Waals surface area contributed by atoms with Crippen LogP contribution in [-0.4, -0.2) is 40.0 Å². The fraction of sp³-hybridized carbons (Fsp3) is 0.133. The number of H-pyrrole nitrogens is 1. The number of nitrogens with zero attached hydrogens (tertiary/aromatic N) is 3. The predicted octanol–water partition coefficient (Wildman–Crippen LogP) is 2.81. The number of aromatic nitrogens is 3. The molecule has 1 aromatic carbocycles. The van der Waals surface area contributed by atoms with Crippen molar-refractivity contribution in [3.05, 3.63) is 42.7 Å². The van der Waals surface area contributed by atoms with E-state index in [2.05, 4.69) is 15.0 Å². The number of fused-ring (bicyclic) bond motifs is 1. The van der Waals surface area contributed by atoms with E-state index >= 15 is 0 Å². The summed E-state index contributed by atoms with van der Waals surface area (Å²) >= 11 is 0. The first kappa shape index (κ1) is 13.9. The third-order valence-electron chi connectivity index (χ3n) is 2.90. The standard InChI is InChI=1S/C15H14N4O3/c1-19(2)15(20)22-14-17-8-6-13(18-14)21-11-3-4-12-10(9-11)5-7-16-12/h3-9,16H,1-2H3. The first-order valence-electron chi connectivity index (χ1n) is 6.59. The molecule has 3 rings (SSSR count). The lowest BCUT2D eigenvalue weighted by Crippen LogP contribution is -2.26. The van der Waals surface area contributed by atoms with Crippen LogP contribution in [0, 0.1) is 0 Å². The van der Waals surface area contributed by atoms with Crippen molar-refractivity contribution in [3.63, 3.8) is 0 Å². The van der Waals surface area contributed by atoms with Crippen LogP contribution >= 0.6 is 0 Å². The fourth-order valence-electron chi connectivity index (χ4n) is 1.82. The maximum Gasteiger partial charge on any atom is 0.417 e. The Morgan fingerprint density at radius 1 is 1.23 bits per heavy atom. The number of hydrogen-bond donors (Lipinski definition) is 1. The lowest BCUT2D eigenvalue weighted by atomic mass is 10.2. The average molecular weight is 298 g/mol. The normalized spacial score (nSPS) is 10.5. The smallest absolute Gasteiger partial charge is 0.417 e. The Hall–Kier alpha value is -3.09. The third kappa shape index (κ3) is 2.98. The Morgan fingerprint density at radius 2 is 2.09 bits per heavy atom. The highest BCUT2D eigenvalue weighted by Crippen LogP contribution is 2.24. The molecule has 2 heterocycles. The van der Waals surface area contributed by atoms with Gasteiger partial charge >= 0.3 is 12.1 Å². The number of carbonyl (C=O) groups excluding carboxylic acids is 1. The maximum absolute atomic E-state index is 11.5. The van der Waals surface area contributed by atoms with E-state index in [9.17, 15) is 4.79 Å². The summed E-state index contributed by atoms with van der Waals surface area (Å²) in [6, 6.07) is 9.12. The van der Waals surface area contributed by atoms with E-state index in [1.54, 1.807) is 20.2 Å². The van der Waals surface area contributed by atoms with Crippen molar-refractivity contribution in [2.24, 2.45) is 0 Å². The summed E-state index contributed by atoms with van der Waals surface area (Å²) in [6.45, 7) is 0. The first-order chi connectivity index (χ1) is 10.6. The summed E-state index contributed by atoms with van der Waals surface area (Å²) in [6.07, 6.45) is 2.78. The van der Waals surface area contributed by atoms with Gasteiger partial charge in [-0.3, -0.25) is 0 Å². The molecule has 112 valence electrons. The molecule has 0 bridgehead atoms. The minimum atomic E-state index is -0.550. The Labute approximate surface area is 126 Å². The molecule has 0 unspecified atom stereocenters. The second-order valence-corrected chi connectivity index (χ2v) is 4.77. The fourth-order valence-corrected chi connectivity index (χ4v) is 1.82. The SMILES string of the molecule is CN(C)C(=O)Oc1nccc(Oc2ccc3[nH]ccc3c2)n1. The highest BCUT2D eigenvalue weighted by atomic mass is 16.6. The van der Waals surface area contributed by atoms with Gasteiger partial charge in [-0.2, -0.15) is 4.98 Å². The number of hydrogen-bond acceptors (Lipinski definition) is 5. The summed E-state index contributed by atoms with van der Waals surface area (Å²) in [5.74, 6) is 0.933. The number of benzene rings is 1. The molecular weight excluding hydrogens is 284 g/mol. The minimum Gasteiger partial charge on any atom is -0.439 e. The van der Waals surface area contributed by atoms with Crippen molar-refractivity contribution < 1.29 is 14.3 Å². The summed E-state index contributed by atoms with van der Waals surface area (Å²) in [5, 5.41) is 1.03. The lowest BCUT2D eigenvalue weighted by molar-refractivity contribution is 0.167. The average Bonchev–Trinajstić information content (AvgIpc) is 2.95. The molecule has 0 aliphatic carbocycles. The van der Waals surface area contributed by atoms with Crippen molar-refractivity contribution in [2.45, 2.75) is 0 Å². The van der Waals surface area contributed by atoms with Crippen LogP contribution in [0.1, 0.15) is 0 Å². The number of aromatic amines is 1. The number of carbonyl (C=O) groups is 1. The van der Waals surface area contributed by atoms with Gasteiger partial charge in [0.25, 0.3) is 0 Å². The van der Waals surface area contributed by atoms with Crippen molar-refractivity contribution in [1.82, 2.24) is 19.9 Å². The predicted molar refractivity (Wildman–Crippen MR) is 80.1 cm³/mol. The van der Waals surface area contributed by atoms with E-state index < -0.39 is 6.09 Å². The molecule has 2 aromatic heterocycles. The number of nitrogens with one attached hydrogen (secondary N) is 1. The molecule has 1 amide bonds. The molecule has 0 radical (unpaired) electrons. The van der Waals surface area contributed by atoms with Crippen molar-refractivity contribution >= 4 is 17.0 Å². The molecule has 0 fully saturated rings. The van der Waals surface area contributed by atoms with Gasteiger partial charge < -0.3 is 19.4 Å². The van der Waals surface area contributed by atoms with Crippen LogP contribution in [0.25, 0.3) is 10.9 Å². The highest BCUT2D eigenvalue weighted by molar-refractivity contribution is 5.80. The quantitative estimate of drug-likeness (QED) is 0.804. The summed E-state index contributed by atoms with van der Waals surface area (Å²) in [4.78, 5) is 23.8. The second-order valence-electron chi connectivity index (χ2n) is 4.77. The van der Waals surface area contributed by atoms with Gasteiger partial charge in [0.2, 0.25) is 5.88 Å². The van der Waals surface area contributed by atoms with Gasteiger partial charge in [0.1, 0.15) is 5.75 Å². The van der Waals surface area contributed by atoms with E-state index in [4.69, 9.17) is 9.47 Å². The topological polar surface area (TPSA) is 80.3 Å². The summed E-state index contributed by atoms with van der Waals surface area (Å²) in [7, 11) is 3.16. The molecule has 7 nitrogen and oxygen atoms in total. The van der Waals surface area contributed by atoms with Crippen molar-refractivity contribution in [2.75, 3.05) is 14.1 Å². The molecule has 0 aliphatic heterocycles. The van der Waals surface area contributed by atoms with Crippen LogP contribution in [0.4, 0.5) is 4.79 Å². The van der Waals surface area contributed by atoms with Gasteiger partial charge in [0.15, 0.2) is 0 Å². The van der Waals surface area contributed by atoms with E-state index in [1.165, 1.54) is 11.1 Å². The monoisotopic (exact) mass is 298 g/mol. The molecule has 3 aromatic rings. The van der Waals surface area contributed by atoms with E-state index in [1.807, 2.05) is 30.5 Å². The zero-order valence-electron chi connectivity index (χ0n) is 12.1. The largest absolute Gasteiger partial charge is 0.439 e. The molecule has 7 heteroatoms. The van der Waals surface area contributed by atoms with E-state index in [-0.39, 0.29) is 6.01 Å². The molecule has 1 N–H and O–H groups in total. The molecule has 0 spiro atoms. The molecule has 0 aliphatic rings. The molecule has 0 saturated carbocycles. The molecule has 0 saturated heterocycles. The van der Waals surface area contributed by atoms with Crippen LogP contribution < -0.4 is 9.47 Å². The maximum atomic E-state index is 11.5. The van der Waals surface area contributed by atoms with Crippen LogP contribution in [0.5, 0.6) is 17.6 Å². The van der Waals surface area contributed by atoms with Crippen LogP contribution in [-0.2, 0) is 0 Å². The Bertz CT molecular complexity index is 813. The molecular formula is C15H14N4O3. The van der Waals surface area contributed by atoms with Gasteiger partial charge in [-0.1, -0.05) is 0 Å². The molecule has 22 heavy (non-hydrogen) atoms. The van der Waals surface area contributed by atoms with Crippen LogP contribution in [0.15, 0.2) is 42.7 Å². The zero-order chi connectivity index (χ0) is 15.5. The third-order valence-corrected chi connectivity index (χ3v) is 2.90. The van der Waals surface area contributed by atoms with Gasteiger partial charge in [-0.25, -0.2) is 9.78 Å². The van der Waals surface area contributed by atoms with Gasteiger partial charge in [-0.05, 0) is 24.3 Å². The minimum absolute atomic E-state index is 0.0566. The number of rotatable bonds is 3. The lowest BCUT2D eigenvalue weighted by Gasteiger charge is -2.10. The van der Waals surface area contributed by atoms with Gasteiger partial charge in [-0.15, -0.1) is 0 Å². The first-order valence-corrected chi connectivity index (χ1v) is 6.59. The van der Waals surface area contributed by atoms with E-state index in [0.717, 1.165) is 10.9 Å². The summed E-state index contributed by atoms with van der Waals surface area (Å²) in [5.41, 5.74) is 1.02. The van der Waals surface area contributed by atoms with Gasteiger partial charge in [0.05, 0.1) is 0 Å². The Kier molecular flexibility index (Phi) is 3.61. The van der Waals surface area contributed by atoms with Crippen molar-refractivity contribution in [1.29, 1.82) is 0 Å². The number of amides is 1. The number of ether oxygens (including phenoxy) is 2. The van der Waals surface area contributed by atoms with E-state index in [0.29, 0.717) is 11.6 Å². The van der Waals surface area contributed by atoms with Crippen LogP contribution in [0.2, 0.25) is 0 Å². The Morgan fingerprint density at radius 3 is 2.91 bits per heavy atom. The van der Waals surface area contributed by atoms with Crippen LogP contribution in [0.3, 0.4) is 0 Å². The zero-order valence-corrected chi connectivity index (χ0v) is 12.1. The summed E-state index contributed by atoms with van der Waals surface area (Å²) < 4.78 is 10.7.